The lowest BCUT2D eigenvalue weighted by Gasteiger charge is -2.19. The number of ether oxygens (including phenoxy) is 1. The van der Waals surface area contributed by atoms with E-state index < -0.39 is 0 Å². The van der Waals surface area contributed by atoms with Crippen molar-refractivity contribution in [3.8, 4) is 5.75 Å². The molecule has 1 fully saturated rings. The molecule has 0 aromatic heterocycles. The van der Waals surface area contributed by atoms with Crippen molar-refractivity contribution in [2.75, 3.05) is 23.9 Å². The Morgan fingerprint density at radius 2 is 2.04 bits per heavy atom. The second-order valence-electron chi connectivity index (χ2n) is 5.95. The van der Waals surface area contributed by atoms with E-state index in [-0.39, 0.29) is 11.8 Å². The maximum Gasteiger partial charge on any atom is 0.256 e. The van der Waals surface area contributed by atoms with Crippen LogP contribution in [0.15, 0.2) is 40.9 Å². The van der Waals surface area contributed by atoms with Crippen molar-refractivity contribution in [2.45, 2.75) is 19.8 Å². The van der Waals surface area contributed by atoms with E-state index in [4.69, 9.17) is 4.74 Å². The summed E-state index contributed by atoms with van der Waals surface area (Å²) in [4.78, 5) is 26.3. The monoisotopic (exact) mass is 402 g/mol. The molecule has 130 valence electrons. The molecule has 1 aliphatic heterocycles. The summed E-state index contributed by atoms with van der Waals surface area (Å²) in [6, 6.07) is 10.8. The molecule has 0 aliphatic carbocycles. The fourth-order valence-corrected chi connectivity index (χ4v) is 3.37. The molecule has 2 amide bonds. The molecule has 0 bridgehead atoms. The quantitative estimate of drug-likeness (QED) is 0.835. The minimum atomic E-state index is -0.227. The van der Waals surface area contributed by atoms with E-state index in [0.29, 0.717) is 27.9 Å². The van der Waals surface area contributed by atoms with E-state index in [1.165, 1.54) is 0 Å². The SMILES string of the molecule is COc1ccc(Br)c(C(=O)Nc2ccc(N3CCCC3=O)c(C)c2)c1. The Labute approximate surface area is 155 Å². The Bertz CT molecular complexity index is 835. The number of anilines is 2. The number of methoxy groups -OCH3 is 1. The molecular weight excluding hydrogens is 384 g/mol. The van der Waals surface area contributed by atoms with Gasteiger partial charge in [-0.25, -0.2) is 0 Å². The average Bonchev–Trinajstić information content (AvgIpc) is 3.01. The number of hydrogen-bond acceptors (Lipinski definition) is 3. The molecule has 3 rings (SSSR count). The first-order valence-corrected chi connectivity index (χ1v) is 8.85. The molecular formula is C19H19BrN2O3. The van der Waals surface area contributed by atoms with E-state index >= 15 is 0 Å². The number of carbonyl (C=O) groups is 2. The number of rotatable bonds is 4. The number of aryl methyl sites for hydroxylation is 1. The second kappa shape index (κ2) is 7.27. The predicted octanol–water partition coefficient (Wildman–Crippen LogP) is 4.15. The van der Waals surface area contributed by atoms with Gasteiger partial charge in [0.2, 0.25) is 5.91 Å². The fraction of sp³-hybridized carbons (Fsp3) is 0.263. The van der Waals surface area contributed by atoms with Gasteiger partial charge in [-0.3, -0.25) is 9.59 Å². The van der Waals surface area contributed by atoms with Gasteiger partial charge in [-0.1, -0.05) is 0 Å². The summed E-state index contributed by atoms with van der Waals surface area (Å²) in [6.07, 6.45) is 1.49. The molecule has 0 spiro atoms. The summed E-state index contributed by atoms with van der Waals surface area (Å²) in [5.74, 6) is 0.544. The van der Waals surface area contributed by atoms with Crippen LogP contribution in [0.3, 0.4) is 0 Å². The lowest BCUT2D eigenvalue weighted by atomic mass is 10.1. The van der Waals surface area contributed by atoms with Gasteiger partial charge < -0.3 is 15.0 Å². The van der Waals surface area contributed by atoms with Gasteiger partial charge in [0.25, 0.3) is 5.91 Å². The predicted molar refractivity (Wildman–Crippen MR) is 101 cm³/mol. The minimum Gasteiger partial charge on any atom is -0.497 e. The van der Waals surface area contributed by atoms with Crippen LogP contribution in [-0.2, 0) is 4.79 Å². The zero-order chi connectivity index (χ0) is 18.0. The Kier molecular flexibility index (Phi) is 5.08. The van der Waals surface area contributed by atoms with Crippen LogP contribution in [0.5, 0.6) is 5.75 Å². The Morgan fingerprint density at radius 3 is 2.68 bits per heavy atom. The van der Waals surface area contributed by atoms with E-state index in [2.05, 4.69) is 21.2 Å². The van der Waals surface area contributed by atoms with Crippen molar-refractivity contribution in [3.63, 3.8) is 0 Å². The van der Waals surface area contributed by atoms with E-state index in [1.54, 1.807) is 30.2 Å². The summed E-state index contributed by atoms with van der Waals surface area (Å²) >= 11 is 3.39. The molecule has 1 heterocycles. The maximum atomic E-state index is 12.5. The first-order valence-electron chi connectivity index (χ1n) is 8.05. The summed E-state index contributed by atoms with van der Waals surface area (Å²) in [7, 11) is 1.56. The maximum absolute atomic E-state index is 12.5. The summed E-state index contributed by atoms with van der Waals surface area (Å²) < 4.78 is 5.87. The number of carbonyl (C=O) groups excluding carboxylic acids is 2. The van der Waals surface area contributed by atoms with Crippen molar-refractivity contribution in [1.29, 1.82) is 0 Å². The lowest BCUT2D eigenvalue weighted by Crippen LogP contribution is -2.24. The average molecular weight is 403 g/mol. The highest BCUT2D eigenvalue weighted by Crippen LogP contribution is 2.28. The zero-order valence-electron chi connectivity index (χ0n) is 14.1. The standard InChI is InChI=1S/C19H19BrN2O3/c1-12-10-13(5-8-17(12)22-9-3-4-18(22)23)21-19(24)15-11-14(25-2)6-7-16(15)20/h5-8,10-11H,3-4,9H2,1-2H3,(H,21,24). The molecule has 25 heavy (non-hydrogen) atoms. The van der Waals surface area contributed by atoms with Gasteiger partial charge in [-0.2, -0.15) is 0 Å². The van der Waals surface area contributed by atoms with Crippen molar-refractivity contribution in [2.24, 2.45) is 0 Å². The lowest BCUT2D eigenvalue weighted by molar-refractivity contribution is -0.117. The second-order valence-corrected chi connectivity index (χ2v) is 6.80. The number of benzene rings is 2. The summed E-state index contributed by atoms with van der Waals surface area (Å²) in [5.41, 5.74) is 3.05. The normalized spacial score (nSPS) is 13.9. The molecule has 1 aliphatic rings. The topological polar surface area (TPSA) is 58.6 Å². The largest absolute Gasteiger partial charge is 0.497 e. The zero-order valence-corrected chi connectivity index (χ0v) is 15.7. The first-order chi connectivity index (χ1) is 12.0. The fourth-order valence-electron chi connectivity index (χ4n) is 2.94. The van der Waals surface area contributed by atoms with Crippen LogP contribution < -0.4 is 15.0 Å². The Hall–Kier alpha value is -2.34. The highest BCUT2D eigenvalue weighted by Gasteiger charge is 2.23. The van der Waals surface area contributed by atoms with Crippen LogP contribution in [-0.4, -0.2) is 25.5 Å². The van der Waals surface area contributed by atoms with E-state index in [9.17, 15) is 9.59 Å². The molecule has 0 saturated carbocycles. The van der Waals surface area contributed by atoms with Gasteiger partial charge >= 0.3 is 0 Å². The third-order valence-electron chi connectivity index (χ3n) is 4.24. The molecule has 5 nitrogen and oxygen atoms in total. The minimum absolute atomic E-state index is 0.153. The number of nitrogens with one attached hydrogen (secondary N) is 1. The molecule has 2 aromatic rings. The number of hydrogen-bond donors (Lipinski definition) is 1. The molecule has 0 radical (unpaired) electrons. The Balaban J connectivity index is 1.80. The number of amides is 2. The molecule has 0 atom stereocenters. The van der Waals surface area contributed by atoms with Gasteiger partial charge in [0, 0.05) is 28.8 Å². The summed E-state index contributed by atoms with van der Waals surface area (Å²) in [6.45, 7) is 2.69. The van der Waals surface area contributed by atoms with Crippen LogP contribution >= 0.6 is 15.9 Å². The highest BCUT2D eigenvalue weighted by atomic mass is 79.9. The van der Waals surface area contributed by atoms with Gasteiger partial charge in [0.15, 0.2) is 0 Å². The number of halogens is 1. The smallest absolute Gasteiger partial charge is 0.256 e. The first kappa shape index (κ1) is 17.5. The molecule has 1 N–H and O–H groups in total. The Morgan fingerprint density at radius 1 is 1.24 bits per heavy atom. The molecule has 0 unspecified atom stereocenters. The van der Waals surface area contributed by atoms with E-state index in [1.807, 2.05) is 25.1 Å². The summed E-state index contributed by atoms with van der Waals surface area (Å²) in [5, 5.41) is 2.89. The van der Waals surface area contributed by atoms with Crippen LogP contribution in [0.1, 0.15) is 28.8 Å². The van der Waals surface area contributed by atoms with Gasteiger partial charge in [-0.15, -0.1) is 0 Å². The van der Waals surface area contributed by atoms with Gasteiger partial charge in [0.1, 0.15) is 5.75 Å². The molecule has 1 saturated heterocycles. The van der Waals surface area contributed by atoms with Crippen molar-refractivity contribution < 1.29 is 14.3 Å². The number of nitrogens with zero attached hydrogens (tertiary/aromatic N) is 1. The molecule has 6 heteroatoms. The van der Waals surface area contributed by atoms with Crippen molar-refractivity contribution >= 4 is 39.1 Å². The van der Waals surface area contributed by atoms with Crippen LogP contribution in [0.2, 0.25) is 0 Å². The third-order valence-corrected chi connectivity index (χ3v) is 4.93. The van der Waals surface area contributed by atoms with E-state index in [0.717, 1.165) is 24.2 Å². The van der Waals surface area contributed by atoms with Crippen molar-refractivity contribution in [1.82, 2.24) is 0 Å². The van der Waals surface area contributed by atoms with Crippen LogP contribution in [0, 0.1) is 6.92 Å². The van der Waals surface area contributed by atoms with Crippen LogP contribution in [0.25, 0.3) is 0 Å². The highest BCUT2D eigenvalue weighted by molar-refractivity contribution is 9.10. The van der Waals surface area contributed by atoms with Gasteiger partial charge in [-0.05, 0) is 71.2 Å². The molecule has 2 aromatic carbocycles. The van der Waals surface area contributed by atoms with Crippen LogP contribution in [0.4, 0.5) is 11.4 Å². The van der Waals surface area contributed by atoms with Gasteiger partial charge in [0.05, 0.1) is 12.7 Å². The third kappa shape index (κ3) is 3.69. The van der Waals surface area contributed by atoms with Crippen molar-refractivity contribution in [3.05, 3.63) is 52.0 Å².